The quantitative estimate of drug-likeness (QED) is 0.332. The van der Waals surface area contributed by atoms with Crippen molar-refractivity contribution in [1.29, 1.82) is 0 Å². The van der Waals surface area contributed by atoms with Crippen molar-refractivity contribution in [3.63, 3.8) is 0 Å². The fraction of sp³-hybridized carbons (Fsp3) is 0.333. The van der Waals surface area contributed by atoms with E-state index >= 15 is 4.39 Å². The van der Waals surface area contributed by atoms with E-state index in [0.717, 1.165) is 41.6 Å². The monoisotopic (exact) mass is 534 g/mol. The predicted molar refractivity (Wildman–Crippen MR) is 141 cm³/mol. The van der Waals surface area contributed by atoms with Crippen LogP contribution in [0.5, 0.6) is 0 Å². The second kappa shape index (κ2) is 9.25. The van der Waals surface area contributed by atoms with E-state index < -0.39 is 15.9 Å². The molecule has 1 aliphatic rings. The van der Waals surface area contributed by atoms with E-state index in [1.54, 1.807) is 35.3 Å². The summed E-state index contributed by atoms with van der Waals surface area (Å²) in [5, 5.41) is 8.98. The molecule has 0 amide bonds. The summed E-state index contributed by atoms with van der Waals surface area (Å²) >= 11 is 0. The first-order valence-electron chi connectivity index (χ1n) is 12.4. The van der Waals surface area contributed by atoms with Crippen molar-refractivity contribution in [1.82, 2.24) is 29.5 Å². The predicted octanol–water partition coefficient (Wildman–Crippen LogP) is 4.25. The number of ether oxygens (including phenoxy) is 1. The topological polar surface area (TPSA) is 105 Å². The summed E-state index contributed by atoms with van der Waals surface area (Å²) in [6, 6.07) is 9.94. The van der Waals surface area contributed by atoms with Crippen molar-refractivity contribution in [2.75, 3.05) is 19.5 Å². The lowest BCUT2D eigenvalue weighted by atomic mass is 9.86. The maximum atomic E-state index is 15.5. The van der Waals surface area contributed by atoms with Crippen molar-refractivity contribution < 1.29 is 17.5 Å². The van der Waals surface area contributed by atoms with Gasteiger partial charge in [-0.25, -0.2) is 22.5 Å². The molecule has 0 radical (unpaired) electrons. The molecule has 5 aromatic rings. The van der Waals surface area contributed by atoms with Crippen molar-refractivity contribution in [3.8, 4) is 11.3 Å². The van der Waals surface area contributed by atoms with Gasteiger partial charge in [-0.3, -0.25) is 4.98 Å². The minimum absolute atomic E-state index is 0.0415. The van der Waals surface area contributed by atoms with Crippen LogP contribution in [-0.2, 0) is 21.6 Å². The van der Waals surface area contributed by atoms with Crippen LogP contribution >= 0.6 is 0 Å². The van der Waals surface area contributed by atoms with Gasteiger partial charge in [0.1, 0.15) is 5.82 Å². The molecule has 0 spiro atoms. The Kier molecular flexibility index (Phi) is 5.99. The first-order chi connectivity index (χ1) is 18.2. The van der Waals surface area contributed by atoms with E-state index in [1.165, 1.54) is 6.07 Å². The molecule has 196 valence electrons. The smallest absolute Gasteiger partial charge is 0.192 e. The molecule has 38 heavy (non-hydrogen) atoms. The lowest BCUT2D eigenvalue weighted by Gasteiger charge is -2.33. The van der Waals surface area contributed by atoms with E-state index in [2.05, 4.69) is 15.3 Å². The van der Waals surface area contributed by atoms with Gasteiger partial charge in [0.15, 0.2) is 14.9 Å². The molecule has 0 N–H and O–H groups in total. The minimum Gasteiger partial charge on any atom is -0.381 e. The number of nitrogens with zero attached hydrogens (tertiary/aromatic N) is 6. The molecule has 9 nitrogen and oxygen atoms in total. The minimum atomic E-state index is -3.59. The van der Waals surface area contributed by atoms with Crippen molar-refractivity contribution >= 4 is 31.8 Å². The zero-order valence-corrected chi connectivity index (χ0v) is 22.1. The van der Waals surface area contributed by atoms with Gasteiger partial charge < -0.3 is 9.30 Å². The van der Waals surface area contributed by atoms with E-state index in [9.17, 15) is 8.42 Å². The number of fused-ring (bicyclic) bond motifs is 3. The van der Waals surface area contributed by atoms with Crippen LogP contribution < -0.4 is 0 Å². The van der Waals surface area contributed by atoms with Crippen LogP contribution in [-0.4, -0.2) is 57.4 Å². The van der Waals surface area contributed by atoms with Crippen LogP contribution in [0.4, 0.5) is 4.39 Å². The third-order valence-corrected chi connectivity index (χ3v) is 8.34. The molecule has 0 unspecified atom stereocenters. The fourth-order valence-electron chi connectivity index (χ4n) is 5.62. The Balaban J connectivity index is 1.72. The molecule has 1 saturated heterocycles. The first-order valence-corrected chi connectivity index (χ1v) is 14.3. The van der Waals surface area contributed by atoms with Crippen molar-refractivity contribution in [2.24, 2.45) is 13.0 Å². The highest BCUT2D eigenvalue weighted by Gasteiger charge is 2.32. The molecule has 6 rings (SSSR count). The number of aromatic nitrogens is 6. The van der Waals surface area contributed by atoms with E-state index in [0.29, 0.717) is 35.2 Å². The van der Waals surface area contributed by atoms with Gasteiger partial charge >= 0.3 is 0 Å². The summed E-state index contributed by atoms with van der Waals surface area (Å²) in [6.07, 6.45) is 5.92. The molecule has 1 aromatic carbocycles. The van der Waals surface area contributed by atoms with Crippen LogP contribution in [0.15, 0.2) is 53.8 Å². The standard InChI is InChI=1S/C27H27FN6O3S/c1-16-26(33(2)32-31-16)18-12-23-25(30-14-18)20-15-29-24(38(3,35)36)13-22(20)34(23)27(17-8-10-37-11-9-17)19-6-4-5-7-21(19)28/h4-7,12-15,17,27H,8-11H2,1-3H3/t27-/m0/s1. The number of benzene rings is 1. The number of hydrogen-bond acceptors (Lipinski definition) is 7. The van der Waals surface area contributed by atoms with Crippen LogP contribution in [0.3, 0.4) is 0 Å². The zero-order valence-electron chi connectivity index (χ0n) is 21.3. The molecule has 0 aliphatic carbocycles. The van der Waals surface area contributed by atoms with Gasteiger partial charge in [-0.1, -0.05) is 23.4 Å². The van der Waals surface area contributed by atoms with Gasteiger partial charge in [0.25, 0.3) is 0 Å². The molecule has 1 fully saturated rings. The Bertz CT molecular complexity index is 1770. The molecule has 11 heteroatoms. The lowest BCUT2D eigenvalue weighted by molar-refractivity contribution is 0.0548. The van der Waals surface area contributed by atoms with Crippen molar-refractivity contribution in [3.05, 3.63) is 65.9 Å². The summed E-state index contributed by atoms with van der Waals surface area (Å²) in [7, 11) is -1.76. The molecule has 1 aliphatic heterocycles. The molecule has 4 aromatic heterocycles. The number of hydrogen-bond donors (Lipinski definition) is 0. The molecule has 0 bridgehead atoms. The summed E-state index contributed by atoms with van der Waals surface area (Å²) in [5.41, 5.74) is 4.98. The summed E-state index contributed by atoms with van der Waals surface area (Å²) in [4.78, 5) is 9.05. The van der Waals surface area contributed by atoms with Crippen molar-refractivity contribution in [2.45, 2.75) is 30.8 Å². The van der Waals surface area contributed by atoms with Gasteiger partial charge in [-0.15, -0.1) is 5.10 Å². The Hall–Kier alpha value is -3.70. The Labute approximate surface area is 219 Å². The Morgan fingerprint density at radius 3 is 2.53 bits per heavy atom. The third kappa shape index (κ3) is 4.06. The number of aryl methyl sites for hydroxylation is 2. The molecule has 1 atom stereocenters. The van der Waals surface area contributed by atoms with Crippen LogP contribution in [0.2, 0.25) is 0 Å². The average Bonchev–Trinajstić information content (AvgIpc) is 3.41. The van der Waals surface area contributed by atoms with Gasteiger partial charge in [-0.2, -0.15) is 0 Å². The number of halogens is 1. The second-order valence-corrected chi connectivity index (χ2v) is 11.8. The molecular weight excluding hydrogens is 507 g/mol. The fourth-order valence-corrected chi connectivity index (χ4v) is 6.19. The van der Waals surface area contributed by atoms with E-state index in [-0.39, 0.29) is 16.8 Å². The second-order valence-electron chi connectivity index (χ2n) is 9.84. The van der Waals surface area contributed by atoms with Crippen LogP contribution in [0.25, 0.3) is 33.2 Å². The summed E-state index contributed by atoms with van der Waals surface area (Å²) in [5.74, 6) is -0.259. The number of rotatable bonds is 5. The van der Waals surface area contributed by atoms with Gasteiger partial charge in [0.2, 0.25) is 0 Å². The number of sulfone groups is 1. The third-order valence-electron chi connectivity index (χ3n) is 7.36. The van der Waals surface area contributed by atoms with Gasteiger partial charge in [0.05, 0.1) is 34.0 Å². The molecular formula is C27H27FN6O3S. The van der Waals surface area contributed by atoms with Crippen LogP contribution in [0, 0.1) is 18.7 Å². The molecule has 0 saturated carbocycles. The first kappa shape index (κ1) is 24.6. The highest BCUT2D eigenvalue weighted by Crippen LogP contribution is 2.42. The average molecular weight is 535 g/mol. The number of pyridine rings is 2. The highest BCUT2D eigenvalue weighted by molar-refractivity contribution is 7.90. The summed E-state index contributed by atoms with van der Waals surface area (Å²) in [6.45, 7) is 3.03. The SMILES string of the molecule is Cc1nnn(C)c1-c1cnc2c3cnc(S(C)(=O)=O)cc3n([C@H](c3ccccc3F)C3CCOCC3)c2c1. The largest absolute Gasteiger partial charge is 0.381 e. The van der Waals surface area contributed by atoms with Gasteiger partial charge in [0, 0.05) is 55.4 Å². The zero-order chi connectivity index (χ0) is 26.6. The normalized spacial score (nSPS) is 15.9. The summed E-state index contributed by atoms with van der Waals surface area (Å²) < 4.78 is 49.9. The maximum absolute atomic E-state index is 15.5. The molecule has 5 heterocycles. The Morgan fingerprint density at radius 2 is 1.84 bits per heavy atom. The maximum Gasteiger partial charge on any atom is 0.192 e. The Morgan fingerprint density at radius 1 is 1.08 bits per heavy atom. The van der Waals surface area contributed by atoms with Gasteiger partial charge in [-0.05, 0) is 43.9 Å². The van der Waals surface area contributed by atoms with E-state index in [4.69, 9.17) is 9.72 Å². The lowest BCUT2D eigenvalue weighted by Crippen LogP contribution is -2.27. The van der Waals surface area contributed by atoms with Crippen LogP contribution in [0.1, 0.15) is 30.1 Å². The van der Waals surface area contributed by atoms with E-state index in [1.807, 2.05) is 30.7 Å². The highest BCUT2D eigenvalue weighted by atomic mass is 32.2.